The van der Waals surface area contributed by atoms with E-state index >= 15 is 0 Å². The fourth-order valence-electron chi connectivity index (χ4n) is 3.79. The SMILES string of the molecule is CC(=O)/C(=N\O)C(=O)N[C@](Cc1ccccc1)(c1ccc(F)cc1)c1cc(F)cc(OC(F)(F)C(F)F)c1. The van der Waals surface area contributed by atoms with Gasteiger partial charge in [0.05, 0.1) is 5.54 Å². The Morgan fingerprint density at radius 1 is 0.947 bits per heavy atom. The predicted octanol–water partition coefficient (Wildman–Crippen LogP) is 5.22. The number of rotatable bonds is 10. The quantitative estimate of drug-likeness (QED) is 0.122. The van der Waals surface area contributed by atoms with Crippen LogP contribution in [-0.2, 0) is 21.5 Å². The van der Waals surface area contributed by atoms with Crippen LogP contribution in [0.1, 0.15) is 23.6 Å². The predicted molar refractivity (Wildman–Crippen MR) is 123 cm³/mol. The highest BCUT2D eigenvalue weighted by atomic mass is 19.3. The van der Waals surface area contributed by atoms with Crippen molar-refractivity contribution < 1.29 is 45.9 Å². The molecule has 0 aliphatic carbocycles. The zero-order valence-electron chi connectivity index (χ0n) is 19.6. The molecule has 0 unspecified atom stereocenters. The van der Waals surface area contributed by atoms with Crippen molar-refractivity contribution in [2.24, 2.45) is 5.16 Å². The minimum absolute atomic E-state index is 0.0779. The number of halogens is 6. The first kappa shape index (κ1) is 28.2. The molecular weight excluding hydrogens is 518 g/mol. The van der Waals surface area contributed by atoms with Crippen molar-refractivity contribution in [3.63, 3.8) is 0 Å². The van der Waals surface area contributed by atoms with Crippen LogP contribution in [-0.4, -0.2) is 35.1 Å². The molecule has 1 amide bonds. The first-order valence-corrected chi connectivity index (χ1v) is 10.9. The molecule has 6 nitrogen and oxygen atoms in total. The number of oxime groups is 1. The second-order valence-electron chi connectivity index (χ2n) is 8.17. The van der Waals surface area contributed by atoms with Crippen LogP contribution in [0.3, 0.4) is 0 Å². The Balaban J connectivity index is 2.31. The van der Waals surface area contributed by atoms with Gasteiger partial charge in [-0.2, -0.15) is 17.6 Å². The van der Waals surface area contributed by atoms with Gasteiger partial charge in [0.2, 0.25) is 5.71 Å². The Bertz CT molecular complexity index is 1330. The van der Waals surface area contributed by atoms with Crippen molar-refractivity contribution in [3.05, 3.63) is 101 Å². The van der Waals surface area contributed by atoms with Crippen molar-refractivity contribution in [1.29, 1.82) is 0 Å². The molecule has 2 N–H and O–H groups in total. The molecule has 0 aromatic heterocycles. The molecule has 0 heterocycles. The fourth-order valence-corrected chi connectivity index (χ4v) is 3.79. The van der Waals surface area contributed by atoms with Crippen LogP contribution < -0.4 is 10.1 Å². The second-order valence-corrected chi connectivity index (χ2v) is 8.17. The summed E-state index contributed by atoms with van der Waals surface area (Å²) in [6, 6.07) is 14.7. The Morgan fingerprint density at radius 2 is 1.58 bits per heavy atom. The molecule has 3 rings (SSSR count). The van der Waals surface area contributed by atoms with Crippen molar-refractivity contribution in [1.82, 2.24) is 5.32 Å². The number of carbonyl (C=O) groups is 2. The number of Topliss-reactive ketones (excluding diaryl/α,β-unsaturated/α-hetero) is 1. The molecule has 0 fully saturated rings. The highest BCUT2D eigenvalue weighted by Crippen LogP contribution is 2.38. The number of nitrogens with zero attached hydrogens (tertiary/aromatic N) is 1. The molecule has 3 aromatic carbocycles. The summed E-state index contributed by atoms with van der Waals surface area (Å²) in [6.07, 6.45) is -9.45. The maximum Gasteiger partial charge on any atom is 0.461 e. The number of benzene rings is 3. The van der Waals surface area contributed by atoms with Crippen molar-refractivity contribution in [2.45, 2.75) is 31.4 Å². The van der Waals surface area contributed by atoms with Gasteiger partial charge in [0, 0.05) is 19.4 Å². The van der Waals surface area contributed by atoms with Gasteiger partial charge in [0.15, 0.2) is 5.78 Å². The van der Waals surface area contributed by atoms with Crippen LogP contribution in [0.2, 0.25) is 0 Å². The summed E-state index contributed by atoms with van der Waals surface area (Å²) in [5, 5.41) is 14.4. The molecule has 0 bridgehead atoms. The molecule has 12 heteroatoms. The molecule has 0 spiro atoms. The van der Waals surface area contributed by atoms with Gasteiger partial charge in [-0.15, -0.1) is 0 Å². The summed E-state index contributed by atoms with van der Waals surface area (Å²) in [4.78, 5) is 25.0. The third-order valence-electron chi connectivity index (χ3n) is 5.50. The molecule has 0 saturated carbocycles. The zero-order chi connectivity index (χ0) is 28.1. The third kappa shape index (κ3) is 6.31. The average molecular weight is 538 g/mol. The minimum Gasteiger partial charge on any atom is -0.428 e. The number of amides is 1. The van der Waals surface area contributed by atoms with Crippen LogP contribution in [0.5, 0.6) is 5.75 Å². The molecule has 3 aromatic rings. The topological polar surface area (TPSA) is 88.0 Å². The Hall–Kier alpha value is -4.35. The first-order valence-electron chi connectivity index (χ1n) is 10.9. The third-order valence-corrected chi connectivity index (χ3v) is 5.50. The van der Waals surface area contributed by atoms with Crippen LogP contribution in [0, 0.1) is 11.6 Å². The van der Waals surface area contributed by atoms with Crippen molar-refractivity contribution >= 4 is 17.4 Å². The second kappa shape index (κ2) is 11.4. The summed E-state index contributed by atoms with van der Waals surface area (Å²) < 4.78 is 85.5. The molecule has 0 radical (unpaired) electrons. The van der Waals surface area contributed by atoms with E-state index in [0.717, 1.165) is 31.2 Å². The monoisotopic (exact) mass is 538 g/mol. The smallest absolute Gasteiger partial charge is 0.428 e. The summed E-state index contributed by atoms with van der Waals surface area (Å²) in [7, 11) is 0. The number of carbonyl (C=O) groups excluding carboxylic acids is 2. The summed E-state index contributed by atoms with van der Waals surface area (Å²) in [5.74, 6) is -5.07. The lowest BCUT2D eigenvalue weighted by molar-refractivity contribution is -0.253. The Labute approximate surface area is 212 Å². The van der Waals surface area contributed by atoms with Gasteiger partial charge in [-0.05, 0) is 41.0 Å². The van der Waals surface area contributed by atoms with Gasteiger partial charge in [0.25, 0.3) is 5.91 Å². The minimum atomic E-state index is -4.97. The molecule has 1 atom stereocenters. The van der Waals surface area contributed by atoms with Gasteiger partial charge in [-0.1, -0.05) is 47.6 Å². The van der Waals surface area contributed by atoms with E-state index < -0.39 is 52.9 Å². The highest BCUT2D eigenvalue weighted by Gasteiger charge is 2.45. The van der Waals surface area contributed by atoms with Gasteiger partial charge < -0.3 is 15.3 Å². The van der Waals surface area contributed by atoms with Gasteiger partial charge in [0.1, 0.15) is 17.4 Å². The lowest BCUT2D eigenvalue weighted by Gasteiger charge is -2.37. The average Bonchev–Trinajstić information content (AvgIpc) is 2.84. The number of ketones is 1. The van der Waals surface area contributed by atoms with Crippen LogP contribution >= 0.6 is 0 Å². The lowest BCUT2D eigenvalue weighted by Crippen LogP contribution is -2.52. The summed E-state index contributed by atoms with van der Waals surface area (Å²) >= 11 is 0. The van der Waals surface area contributed by atoms with Crippen molar-refractivity contribution in [2.75, 3.05) is 0 Å². The lowest BCUT2D eigenvalue weighted by atomic mass is 9.77. The number of hydrogen-bond acceptors (Lipinski definition) is 5. The van der Waals surface area contributed by atoms with E-state index in [1.807, 2.05) is 0 Å². The Kier molecular flexibility index (Phi) is 8.44. The van der Waals surface area contributed by atoms with Crippen molar-refractivity contribution in [3.8, 4) is 5.75 Å². The van der Waals surface area contributed by atoms with E-state index in [0.29, 0.717) is 11.6 Å². The van der Waals surface area contributed by atoms with E-state index in [-0.39, 0.29) is 17.5 Å². The van der Waals surface area contributed by atoms with Crippen LogP contribution in [0.4, 0.5) is 26.3 Å². The van der Waals surface area contributed by atoms with E-state index in [4.69, 9.17) is 0 Å². The zero-order valence-corrected chi connectivity index (χ0v) is 19.6. The van der Waals surface area contributed by atoms with E-state index in [2.05, 4.69) is 15.2 Å². The molecule has 0 saturated heterocycles. The molecular formula is C26H20F6N2O4. The van der Waals surface area contributed by atoms with E-state index in [9.17, 15) is 41.1 Å². The maximum absolute atomic E-state index is 14.7. The normalized spacial score (nSPS) is 13.6. The number of alkyl halides is 4. The maximum atomic E-state index is 14.7. The number of hydrogen-bond donors (Lipinski definition) is 2. The van der Waals surface area contributed by atoms with Gasteiger partial charge >= 0.3 is 12.5 Å². The van der Waals surface area contributed by atoms with Gasteiger partial charge in [-0.25, -0.2) is 8.78 Å². The molecule has 0 aliphatic heterocycles. The fraction of sp³-hybridized carbons (Fsp3) is 0.192. The van der Waals surface area contributed by atoms with Crippen LogP contribution in [0.15, 0.2) is 78.0 Å². The number of nitrogens with one attached hydrogen (secondary N) is 1. The molecule has 38 heavy (non-hydrogen) atoms. The largest absolute Gasteiger partial charge is 0.461 e. The summed E-state index contributed by atoms with van der Waals surface area (Å²) in [6.45, 7) is 0.936. The number of ether oxygens (including phenoxy) is 1. The highest BCUT2D eigenvalue weighted by molar-refractivity contribution is 6.65. The first-order chi connectivity index (χ1) is 17.9. The molecule has 0 aliphatic rings. The van der Waals surface area contributed by atoms with E-state index in [1.165, 1.54) is 12.1 Å². The van der Waals surface area contributed by atoms with Gasteiger partial charge in [-0.3, -0.25) is 9.59 Å². The van der Waals surface area contributed by atoms with Crippen LogP contribution in [0.25, 0.3) is 0 Å². The van der Waals surface area contributed by atoms with E-state index in [1.54, 1.807) is 30.3 Å². The molecule has 200 valence electrons. The summed E-state index contributed by atoms with van der Waals surface area (Å²) in [5.41, 5.74) is -2.61. The Morgan fingerprint density at radius 3 is 2.13 bits per heavy atom. The standard InChI is InChI=1S/C26H20F6N2O4/c1-15(35)22(34-37)23(36)33-25(14-16-5-3-2-4-6-16,17-7-9-19(27)10-8-17)18-11-20(28)13-21(12-18)38-26(31,32)24(29)30/h2-13,24,37H,14H2,1H3,(H,33,36)/b34-22+/t25-/m1/s1.